The second-order valence-corrected chi connectivity index (χ2v) is 5.17. The van der Waals surface area contributed by atoms with Crippen LogP contribution in [0.1, 0.15) is 23.4 Å². The number of nitrogens with zero attached hydrogens (tertiary/aromatic N) is 1. The van der Waals surface area contributed by atoms with Gasteiger partial charge in [0.25, 0.3) is 5.91 Å². The van der Waals surface area contributed by atoms with E-state index in [0.717, 1.165) is 25.9 Å². The number of likely N-dealkylation sites (N-methyl/N-ethyl adjacent to an activating group) is 1. The summed E-state index contributed by atoms with van der Waals surface area (Å²) in [5.41, 5.74) is 0. The van der Waals surface area contributed by atoms with Gasteiger partial charge in [-0.25, -0.2) is 0 Å². The first-order valence-electron chi connectivity index (χ1n) is 6.57. The first kappa shape index (κ1) is 14.9. The Morgan fingerprint density at radius 1 is 1.40 bits per heavy atom. The number of rotatable bonds is 4. The lowest BCUT2D eigenvalue weighted by Crippen LogP contribution is -2.47. The monoisotopic (exact) mass is 299 g/mol. The van der Waals surface area contributed by atoms with Crippen LogP contribution in [-0.2, 0) is 4.79 Å². The Hall–Kier alpha value is -1.53. The van der Waals surface area contributed by atoms with Crippen molar-refractivity contribution in [3.63, 3.8) is 0 Å². The number of nitrogens with one attached hydrogen (secondary N) is 2. The fourth-order valence-electron chi connectivity index (χ4n) is 2.21. The molecule has 1 aromatic rings. The molecule has 0 aromatic carbocycles. The average Bonchev–Trinajstić information content (AvgIpc) is 2.87. The Morgan fingerprint density at radius 2 is 2.10 bits per heavy atom. The van der Waals surface area contributed by atoms with Gasteiger partial charge in [0.15, 0.2) is 11.0 Å². The third-order valence-corrected chi connectivity index (χ3v) is 3.57. The highest BCUT2D eigenvalue weighted by Crippen LogP contribution is 2.15. The topological polar surface area (TPSA) is 74.6 Å². The van der Waals surface area contributed by atoms with Gasteiger partial charge in [-0.2, -0.15) is 0 Å². The highest BCUT2D eigenvalue weighted by atomic mass is 35.5. The van der Waals surface area contributed by atoms with Gasteiger partial charge in [-0.1, -0.05) is 0 Å². The minimum atomic E-state index is -0.248. The van der Waals surface area contributed by atoms with Crippen molar-refractivity contribution in [2.24, 2.45) is 0 Å². The van der Waals surface area contributed by atoms with E-state index in [9.17, 15) is 9.59 Å². The Labute approximate surface area is 122 Å². The normalized spacial score (nSPS) is 16.9. The van der Waals surface area contributed by atoms with E-state index in [1.807, 2.05) is 0 Å². The summed E-state index contributed by atoms with van der Waals surface area (Å²) < 4.78 is 5.07. The molecule has 110 valence electrons. The van der Waals surface area contributed by atoms with E-state index in [1.165, 1.54) is 0 Å². The Morgan fingerprint density at radius 3 is 2.65 bits per heavy atom. The van der Waals surface area contributed by atoms with Crippen LogP contribution in [0.15, 0.2) is 16.5 Å². The average molecular weight is 300 g/mol. The maximum Gasteiger partial charge on any atom is 0.287 e. The van der Waals surface area contributed by atoms with E-state index >= 15 is 0 Å². The molecule has 1 aromatic heterocycles. The number of amides is 2. The standard InChI is InChI=1S/C13H18ClN3O3/c1-15-12(18)8-17-6-4-9(5-7-17)16-13(19)10-2-3-11(14)20-10/h2-3,9H,4-8H2,1H3,(H,15,18)(H,16,19). The van der Waals surface area contributed by atoms with Crippen LogP contribution in [0.3, 0.4) is 0 Å². The summed E-state index contributed by atoms with van der Waals surface area (Å²) in [7, 11) is 1.63. The summed E-state index contributed by atoms with van der Waals surface area (Å²) in [6, 6.07) is 3.20. The number of carbonyl (C=O) groups excluding carboxylic acids is 2. The van der Waals surface area contributed by atoms with Crippen molar-refractivity contribution in [1.29, 1.82) is 0 Å². The lowest BCUT2D eigenvalue weighted by Gasteiger charge is -2.31. The molecule has 1 aliphatic heterocycles. The van der Waals surface area contributed by atoms with Gasteiger partial charge < -0.3 is 15.1 Å². The molecule has 2 amide bonds. The van der Waals surface area contributed by atoms with E-state index in [-0.39, 0.29) is 28.8 Å². The fraction of sp³-hybridized carbons (Fsp3) is 0.538. The molecule has 1 saturated heterocycles. The van der Waals surface area contributed by atoms with E-state index in [1.54, 1.807) is 19.2 Å². The minimum absolute atomic E-state index is 0.0118. The molecule has 0 radical (unpaired) electrons. The van der Waals surface area contributed by atoms with Crippen LogP contribution in [-0.4, -0.2) is 49.4 Å². The Kier molecular flexibility index (Phi) is 5.03. The van der Waals surface area contributed by atoms with Gasteiger partial charge in [0, 0.05) is 26.2 Å². The summed E-state index contributed by atoms with van der Waals surface area (Å²) >= 11 is 5.64. The van der Waals surface area contributed by atoms with Crippen LogP contribution >= 0.6 is 11.6 Å². The van der Waals surface area contributed by atoms with Crippen molar-refractivity contribution >= 4 is 23.4 Å². The van der Waals surface area contributed by atoms with Crippen molar-refractivity contribution in [2.75, 3.05) is 26.7 Å². The molecule has 0 unspecified atom stereocenters. The Bertz CT molecular complexity index is 481. The zero-order chi connectivity index (χ0) is 14.5. The number of furan rings is 1. The van der Waals surface area contributed by atoms with Crippen molar-refractivity contribution in [3.05, 3.63) is 23.1 Å². The smallest absolute Gasteiger partial charge is 0.287 e. The van der Waals surface area contributed by atoms with Crippen molar-refractivity contribution < 1.29 is 14.0 Å². The summed E-state index contributed by atoms with van der Waals surface area (Å²) in [4.78, 5) is 25.2. The van der Waals surface area contributed by atoms with E-state index in [2.05, 4.69) is 15.5 Å². The van der Waals surface area contributed by atoms with Gasteiger partial charge in [-0.3, -0.25) is 14.5 Å². The van der Waals surface area contributed by atoms with Gasteiger partial charge in [0.1, 0.15) is 0 Å². The molecule has 2 heterocycles. The van der Waals surface area contributed by atoms with Gasteiger partial charge in [-0.15, -0.1) is 0 Å². The SMILES string of the molecule is CNC(=O)CN1CCC(NC(=O)c2ccc(Cl)o2)CC1. The number of piperidine rings is 1. The molecular weight excluding hydrogens is 282 g/mol. The molecule has 7 heteroatoms. The molecule has 6 nitrogen and oxygen atoms in total. The minimum Gasteiger partial charge on any atom is -0.440 e. The van der Waals surface area contributed by atoms with E-state index in [4.69, 9.17) is 16.0 Å². The van der Waals surface area contributed by atoms with Crippen LogP contribution in [0.2, 0.25) is 5.22 Å². The summed E-state index contributed by atoms with van der Waals surface area (Å²) in [5.74, 6) is -0.0119. The number of halogens is 1. The quantitative estimate of drug-likeness (QED) is 0.865. The predicted octanol–water partition coefficient (Wildman–Crippen LogP) is 0.873. The molecular formula is C13H18ClN3O3. The predicted molar refractivity (Wildman–Crippen MR) is 74.7 cm³/mol. The van der Waals surface area contributed by atoms with Crippen LogP contribution < -0.4 is 10.6 Å². The zero-order valence-corrected chi connectivity index (χ0v) is 12.1. The lowest BCUT2D eigenvalue weighted by molar-refractivity contribution is -0.122. The van der Waals surface area contributed by atoms with Crippen molar-refractivity contribution in [2.45, 2.75) is 18.9 Å². The molecule has 0 saturated carbocycles. The number of carbonyl (C=O) groups is 2. The third kappa shape index (κ3) is 3.98. The highest BCUT2D eigenvalue weighted by Gasteiger charge is 2.23. The fourth-order valence-corrected chi connectivity index (χ4v) is 2.36. The van der Waals surface area contributed by atoms with E-state index < -0.39 is 0 Å². The number of likely N-dealkylation sites (tertiary alicyclic amines) is 1. The van der Waals surface area contributed by atoms with Gasteiger partial charge in [0.05, 0.1) is 6.54 Å². The number of hydrogen-bond acceptors (Lipinski definition) is 4. The molecule has 20 heavy (non-hydrogen) atoms. The first-order chi connectivity index (χ1) is 9.58. The van der Waals surface area contributed by atoms with Gasteiger partial charge in [0.2, 0.25) is 5.91 Å². The van der Waals surface area contributed by atoms with Gasteiger partial charge in [-0.05, 0) is 36.6 Å². The van der Waals surface area contributed by atoms with Crippen LogP contribution in [0, 0.1) is 0 Å². The molecule has 0 bridgehead atoms. The molecule has 1 fully saturated rings. The van der Waals surface area contributed by atoms with E-state index in [0.29, 0.717) is 6.54 Å². The van der Waals surface area contributed by atoms with Crippen LogP contribution in [0.5, 0.6) is 0 Å². The molecule has 2 rings (SSSR count). The number of hydrogen-bond donors (Lipinski definition) is 2. The second kappa shape index (κ2) is 6.76. The largest absolute Gasteiger partial charge is 0.440 e. The molecule has 0 atom stereocenters. The summed E-state index contributed by atoms with van der Waals surface area (Å²) in [6.45, 7) is 1.99. The lowest BCUT2D eigenvalue weighted by atomic mass is 10.0. The summed E-state index contributed by atoms with van der Waals surface area (Å²) in [6.07, 6.45) is 1.63. The maximum atomic E-state index is 11.9. The van der Waals surface area contributed by atoms with Crippen molar-refractivity contribution in [3.8, 4) is 0 Å². The van der Waals surface area contributed by atoms with Crippen LogP contribution in [0.4, 0.5) is 0 Å². The molecule has 0 spiro atoms. The summed E-state index contributed by atoms with van der Waals surface area (Å²) in [5, 5.41) is 5.73. The van der Waals surface area contributed by atoms with Crippen molar-refractivity contribution in [1.82, 2.24) is 15.5 Å². The maximum absolute atomic E-state index is 11.9. The highest BCUT2D eigenvalue weighted by molar-refractivity contribution is 6.29. The Balaban J connectivity index is 1.77. The molecule has 2 N–H and O–H groups in total. The van der Waals surface area contributed by atoms with Crippen LogP contribution in [0.25, 0.3) is 0 Å². The van der Waals surface area contributed by atoms with Gasteiger partial charge >= 0.3 is 0 Å². The molecule has 1 aliphatic rings. The third-order valence-electron chi connectivity index (χ3n) is 3.37. The second-order valence-electron chi connectivity index (χ2n) is 4.80. The molecule has 0 aliphatic carbocycles. The zero-order valence-electron chi connectivity index (χ0n) is 11.3. The first-order valence-corrected chi connectivity index (χ1v) is 6.95.